The van der Waals surface area contributed by atoms with Gasteiger partial charge in [-0.15, -0.1) is 0 Å². The van der Waals surface area contributed by atoms with Crippen molar-refractivity contribution in [1.82, 2.24) is 4.98 Å². The highest BCUT2D eigenvalue weighted by atomic mass is 32.2. The van der Waals surface area contributed by atoms with E-state index in [0.29, 0.717) is 0 Å². The van der Waals surface area contributed by atoms with E-state index in [1.54, 1.807) is 11.8 Å². The molecule has 0 bridgehead atoms. The van der Waals surface area contributed by atoms with Crippen molar-refractivity contribution >= 4 is 20.1 Å². The van der Waals surface area contributed by atoms with Crippen molar-refractivity contribution in [1.29, 1.82) is 0 Å². The lowest BCUT2D eigenvalue weighted by Gasteiger charge is -2.27. The maximum absolute atomic E-state index is 6.13. The third-order valence-electron chi connectivity index (χ3n) is 3.34. The molecule has 1 heterocycles. The second kappa shape index (κ2) is 8.51. The third-order valence-corrected chi connectivity index (χ3v) is 8.80. The summed E-state index contributed by atoms with van der Waals surface area (Å²) in [5.41, 5.74) is 0. The molecule has 0 aliphatic heterocycles. The molecule has 0 aliphatic carbocycles. The van der Waals surface area contributed by atoms with Crippen LogP contribution >= 0.6 is 11.8 Å². The van der Waals surface area contributed by atoms with Crippen molar-refractivity contribution in [2.45, 2.75) is 43.9 Å². The molecule has 0 saturated carbocycles. The quantitative estimate of drug-likeness (QED) is 0.509. The van der Waals surface area contributed by atoms with E-state index in [1.165, 1.54) is 18.1 Å². The number of hydrogen-bond donors (Lipinski definition) is 0. The van der Waals surface area contributed by atoms with Crippen LogP contribution in [-0.2, 0) is 4.43 Å². The van der Waals surface area contributed by atoms with Crippen LogP contribution in [0, 0.1) is 0 Å². The summed E-state index contributed by atoms with van der Waals surface area (Å²) in [6, 6.07) is 9.58. The Labute approximate surface area is 116 Å². The minimum Gasteiger partial charge on any atom is -0.413 e. The second-order valence-corrected chi connectivity index (χ2v) is 9.91. The van der Waals surface area contributed by atoms with E-state index in [9.17, 15) is 0 Å². The molecule has 0 amide bonds. The molecular weight excluding hydrogens is 258 g/mol. The number of nitrogens with zero attached hydrogens (tertiary/aromatic N) is 1. The molecule has 4 heteroatoms. The molecular formula is C14H23NOSSi. The molecule has 1 aromatic heterocycles. The molecule has 0 N–H and O–H groups in total. The molecule has 0 fully saturated rings. The number of thioether (sulfide) groups is 1. The van der Waals surface area contributed by atoms with Crippen LogP contribution in [0.2, 0.25) is 18.1 Å². The third kappa shape index (κ3) is 4.96. The van der Waals surface area contributed by atoms with E-state index in [4.69, 9.17) is 4.43 Å². The monoisotopic (exact) mass is 281 g/mol. The normalized spacial score (nSPS) is 12.2. The average Bonchev–Trinajstić information content (AvgIpc) is 2.45. The molecule has 100 valence electrons. The molecule has 0 aliphatic rings. The second-order valence-electron chi connectivity index (χ2n) is 4.21. The van der Waals surface area contributed by atoms with Crippen LogP contribution in [0.3, 0.4) is 0 Å². The maximum Gasteiger partial charge on any atom is 0.192 e. The van der Waals surface area contributed by atoms with Gasteiger partial charge in [-0.2, -0.15) is 0 Å². The lowest BCUT2D eigenvalue weighted by Crippen LogP contribution is -2.35. The first-order chi connectivity index (χ1) is 8.76. The SMILES string of the molecule is CC[Si](CC)(CC)OCC=CSc1ccccn1. The Morgan fingerprint density at radius 3 is 2.50 bits per heavy atom. The van der Waals surface area contributed by atoms with Crippen molar-refractivity contribution in [2.24, 2.45) is 0 Å². The van der Waals surface area contributed by atoms with Gasteiger partial charge in [-0.05, 0) is 35.7 Å². The average molecular weight is 281 g/mol. The van der Waals surface area contributed by atoms with E-state index in [2.05, 4.69) is 37.2 Å². The Morgan fingerprint density at radius 2 is 1.94 bits per heavy atom. The molecule has 0 spiro atoms. The van der Waals surface area contributed by atoms with Gasteiger partial charge >= 0.3 is 0 Å². The number of hydrogen-bond acceptors (Lipinski definition) is 3. The number of aromatic nitrogens is 1. The molecule has 0 radical (unpaired) electrons. The van der Waals surface area contributed by atoms with Crippen molar-refractivity contribution in [3.05, 3.63) is 35.9 Å². The lowest BCUT2D eigenvalue weighted by atomic mass is 10.5. The molecule has 0 atom stereocenters. The summed E-state index contributed by atoms with van der Waals surface area (Å²) in [6.45, 7) is 7.50. The van der Waals surface area contributed by atoms with Gasteiger partial charge < -0.3 is 4.43 Å². The minimum absolute atomic E-state index is 0.738. The standard InChI is InChI=1S/C14H23NOSSi/c1-4-18(5-2,6-3)16-12-9-13-17-14-10-7-8-11-15-14/h7-11,13H,4-6,12H2,1-3H3. The van der Waals surface area contributed by atoms with E-state index in [0.717, 1.165) is 11.6 Å². The van der Waals surface area contributed by atoms with Crippen LogP contribution < -0.4 is 0 Å². The van der Waals surface area contributed by atoms with E-state index < -0.39 is 8.32 Å². The van der Waals surface area contributed by atoms with Gasteiger partial charge in [-0.3, -0.25) is 0 Å². The fraction of sp³-hybridized carbons (Fsp3) is 0.500. The maximum atomic E-state index is 6.13. The molecule has 18 heavy (non-hydrogen) atoms. The zero-order valence-corrected chi connectivity index (χ0v) is 13.4. The highest BCUT2D eigenvalue weighted by Gasteiger charge is 2.27. The zero-order chi connectivity index (χ0) is 13.3. The first-order valence-corrected chi connectivity index (χ1v) is 10.0. The van der Waals surface area contributed by atoms with E-state index in [1.807, 2.05) is 24.4 Å². The van der Waals surface area contributed by atoms with E-state index >= 15 is 0 Å². The predicted octanol–water partition coefficient (Wildman–Crippen LogP) is 4.71. The topological polar surface area (TPSA) is 22.1 Å². The van der Waals surface area contributed by atoms with Crippen molar-refractivity contribution < 1.29 is 4.43 Å². The summed E-state index contributed by atoms with van der Waals surface area (Å²) in [5, 5.41) is 3.10. The summed E-state index contributed by atoms with van der Waals surface area (Å²) >= 11 is 1.64. The first kappa shape index (κ1) is 15.5. The van der Waals surface area contributed by atoms with Crippen molar-refractivity contribution in [2.75, 3.05) is 6.61 Å². The van der Waals surface area contributed by atoms with Gasteiger partial charge in [-0.1, -0.05) is 44.7 Å². The Hall–Kier alpha value is -0.583. The fourth-order valence-electron chi connectivity index (χ4n) is 1.85. The smallest absolute Gasteiger partial charge is 0.192 e. The Kier molecular flexibility index (Phi) is 7.31. The summed E-state index contributed by atoms with van der Waals surface area (Å²) in [4.78, 5) is 4.25. The summed E-state index contributed by atoms with van der Waals surface area (Å²) < 4.78 is 6.13. The van der Waals surface area contributed by atoms with Gasteiger partial charge in [0.2, 0.25) is 0 Å². The Bertz CT molecular complexity index is 344. The predicted molar refractivity (Wildman–Crippen MR) is 82.4 cm³/mol. The van der Waals surface area contributed by atoms with Gasteiger partial charge in [0.25, 0.3) is 0 Å². The van der Waals surface area contributed by atoms with Gasteiger partial charge in [0.1, 0.15) is 5.03 Å². The minimum atomic E-state index is -1.42. The summed E-state index contributed by atoms with van der Waals surface area (Å²) in [7, 11) is -1.42. The Morgan fingerprint density at radius 1 is 1.22 bits per heavy atom. The largest absolute Gasteiger partial charge is 0.413 e. The summed E-state index contributed by atoms with van der Waals surface area (Å²) in [5.74, 6) is 0. The molecule has 1 rings (SSSR count). The van der Waals surface area contributed by atoms with Crippen LogP contribution in [-0.4, -0.2) is 19.9 Å². The lowest BCUT2D eigenvalue weighted by molar-refractivity contribution is 0.343. The highest BCUT2D eigenvalue weighted by molar-refractivity contribution is 8.02. The van der Waals surface area contributed by atoms with Crippen molar-refractivity contribution in [3.63, 3.8) is 0 Å². The van der Waals surface area contributed by atoms with Crippen LogP contribution in [0.25, 0.3) is 0 Å². The molecule has 0 unspecified atom stereocenters. The number of rotatable bonds is 8. The molecule has 0 aromatic carbocycles. The van der Waals surface area contributed by atoms with Crippen LogP contribution in [0.1, 0.15) is 20.8 Å². The summed E-state index contributed by atoms with van der Waals surface area (Å²) in [6.07, 6.45) is 3.91. The van der Waals surface area contributed by atoms with Gasteiger partial charge in [-0.25, -0.2) is 4.98 Å². The zero-order valence-electron chi connectivity index (χ0n) is 11.6. The van der Waals surface area contributed by atoms with Gasteiger partial charge in [0.05, 0.1) is 6.61 Å². The van der Waals surface area contributed by atoms with Crippen molar-refractivity contribution in [3.8, 4) is 0 Å². The molecule has 2 nitrogen and oxygen atoms in total. The molecule has 1 aromatic rings. The first-order valence-electron chi connectivity index (χ1n) is 6.63. The highest BCUT2D eigenvalue weighted by Crippen LogP contribution is 2.21. The number of pyridine rings is 1. The van der Waals surface area contributed by atoms with Crippen LogP contribution in [0.5, 0.6) is 0 Å². The fourth-order valence-corrected chi connectivity index (χ4v) is 5.01. The van der Waals surface area contributed by atoms with Crippen LogP contribution in [0.4, 0.5) is 0 Å². The van der Waals surface area contributed by atoms with Crippen LogP contribution in [0.15, 0.2) is 40.9 Å². The van der Waals surface area contributed by atoms with E-state index in [-0.39, 0.29) is 0 Å². The van der Waals surface area contributed by atoms with Gasteiger partial charge in [0.15, 0.2) is 8.32 Å². The Balaban J connectivity index is 2.33. The molecule has 0 saturated heterocycles. The van der Waals surface area contributed by atoms with Gasteiger partial charge in [0, 0.05) is 6.20 Å².